The summed E-state index contributed by atoms with van der Waals surface area (Å²) in [4.78, 5) is 11.2. The second-order valence-corrected chi connectivity index (χ2v) is 4.38. The molecular formula is C15H24O2. The van der Waals surface area contributed by atoms with Gasteiger partial charge in [-0.15, -0.1) is 6.58 Å². The predicted octanol–water partition coefficient (Wildman–Crippen LogP) is 4.19. The van der Waals surface area contributed by atoms with E-state index in [-0.39, 0.29) is 5.97 Å². The highest BCUT2D eigenvalue weighted by atomic mass is 16.5. The highest BCUT2D eigenvalue weighted by Crippen LogP contribution is 2.06. The molecule has 0 N–H and O–H groups in total. The molecule has 0 atom stereocenters. The second kappa shape index (κ2) is 9.88. The lowest BCUT2D eigenvalue weighted by Gasteiger charge is -2.02. The molecule has 0 saturated heterocycles. The summed E-state index contributed by atoms with van der Waals surface area (Å²) in [6, 6.07) is 0. The van der Waals surface area contributed by atoms with E-state index in [0.29, 0.717) is 19.4 Å². The van der Waals surface area contributed by atoms with Gasteiger partial charge in [0.15, 0.2) is 0 Å². The molecule has 0 aliphatic carbocycles. The Hall–Kier alpha value is -1.31. The third-order valence-corrected chi connectivity index (χ3v) is 2.32. The van der Waals surface area contributed by atoms with E-state index >= 15 is 0 Å². The van der Waals surface area contributed by atoms with Crippen LogP contribution in [0.25, 0.3) is 0 Å². The molecule has 0 bridgehead atoms. The summed E-state index contributed by atoms with van der Waals surface area (Å²) in [5.74, 6) is -0.154. The first-order valence-electron chi connectivity index (χ1n) is 6.11. The van der Waals surface area contributed by atoms with Crippen molar-refractivity contribution in [3.8, 4) is 0 Å². The normalized spacial score (nSPS) is 10.9. The van der Waals surface area contributed by atoms with Gasteiger partial charge in [0.25, 0.3) is 0 Å². The van der Waals surface area contributed by atoms with Crippen LogP contribution in [0.3, 0.4) is 0 Å². The lowest BCUT2D eigenvalue weighted by molar-refractivity contribution is -0.142. The molecule has 0 aromatic heterocycles. The van der Waals surface area contributed by atoms with Gasteiger partial charge in [-0.2, -0.15) is 0 Å². The number of ether oxygens (including phenoxy) is 1. The molecule has 0 aromatic carbocycles. The SMILES string of the molecule is C=CCCC(=O)OC/C=C(\C)CCC=C(C)C. The van der Waals surface area contributed by atoms with Crippen molar-refractivity contribution in [2.75, 3.05) is 6.61 Å². The summed E-state index contributed by atoms with van der Waals surface area (Å²) in [5, 5.41) is 0. The van der Waals surface area contributed by atoms with Gasteiger partial charge in [0.1, 0.15) is 6.61 Å². The maximum absolute atomic E-state index is 11.2. The van der Waals surface area contributed by atoms with Crippen LogP contribution in [0.2, 0.25) is 0 Å². The molecule has 0 saturated carbocycles. The third-order valence-electron chi connectivity index (χ3n) is 2.32. The van der Waals surface area contributed by atoms with Crippen LogP contribution in [0.4, 0.5) is 0 Å². The van der Waals surface area contributed by atoms with Gasteiger partial charge in [0.05, 0.1) is 0 Å². The molecule has 0 rings (SSSR count). The monoisotopic (exact) mass is 236 g/mol. The van der Waals surface area contributed by atoms with Crippen LogP contribution < -0.4 is 0 Å². The maximum atomic E-state index is 11.2. The van der Waals surface area contributed by atoms with E-state index < -0.39 is 0 Å². The van der Waals surface area contributed by atoms with E-state index in [1.165, 1.54) is 11.1 Å². The largest absolute Gasteiger partial charge is 0.461 e. The lowest BCUT2D eigenvalue weighted by atomic mass is 10.1. The molecule has 0 aromatic rings. The Morgan fingerprint density at radius 1 is 1.12 bits per heavy atom. The minimum absolute atomic E-state index is 0.154. The Labute approximate surface area is 105 Å². The zero-order chi connectivity index (χ0) is 13.1. The van der Waals surface area contributed by atoms with Gasteiger partial charge in [-0.1, -0.05) is 23.3 Å². The fourth-order valence-electron chi connectivity index (χ4n) is 1.26. The van der Waals surface area contributed by atoms with Crippen LogP contribution in [0.15, 0.2) is 36.0 Å². The van der Waals surface area contributed by atoms with E-state index in [1.54, 1.807) is 6.08 Å². The highest BCUT2D eigenvalue weighted by Gasteiger charge is 1.98. The molecule has 96 valence electrons. The second-order valence-electron chi connectivity index (χ2n) is 4.38. The molecule has 0 aliphatic heterocycles. The first-order valence-corrected chi connectivity index (χ1v) is 6.11. The topological polar surface area (TPSA) is 26.3 Å². The summed E-state index contributed by atoms with van der Waals surface area (Å²) >= 11 is 0. The molecule has 0 heterocycles. The Kier molecular flexibility index (Phi) is 9.12. The van der Waals surface area contributed by atoms with Crippen molar-refractivity contribution in [2.24, 2.45) is 0 Å². The Bertz CT molecular complexity index is 294. The van der Waals surface area contributed by atoms with E-state index in [1.807, 2.05) is 6.08 Å². The van der Waals surface area contributed by atoms with Crippen LogP contribution in [0.5, 0.6) is 0 Å². The zero-order valence-corrected chi connectivity index (χ0v) is 11.3. The molecule has 0 aliphatic rings. The smallest absolute Gasteiger partial charge is 0.306 e. The van der Waals surface area contributed by atoms with Gasteiger partial charge in [0, 0.05) is 6.42 Å². The first kappa shape index (κ1) is 15.7. The number of hydrogen-bond acceptors (Lipinski definition) is 2. The fraction of sp³-hybridized carbons (Fsp3) is 0.533. The number of esters is 1. The molecule has 0 fully saturated rings. The van der Waals surface area contributed by atoms with Crippen molar-refractivity contribution in [1.82, 2.24) is 0 Å². The van der Waals surface area contributed by atoms with Gasteiger partial charge in [0.2, 0.25) is 0 Å². The van der Waals surface area contributed by atoms with Gasteiger partial charge in [-0.05, 0) is 46.1 Å². The van der Waals surface area contributed by atoms with E-state index in [2.05, 4.69) is 33.4 Å². The summed E-state index contributed by atoms with van der Waals surface area (Å²) in [5.41, 5.74) is 2.60. The third kappa shape index (κ3) is 11.0. The first-order chi connectivity index (χ1) is 8.06. The molecule has 2 heteroatoms. The number of carbonyl (C=O) groups excluding carboxylic acids is 1. The van der Waals surface area contributed by atoms with Crippen molar-refractivity contribution in [1.29, 1.82) is 0 Å². The number of carbonyl (C=O) groups is 1. The molecule has 0 unspecified atom stereocenters. The van der Waals surface area contributed by atoms with Crippen molar-refractivity contribution in [2.45, 2.75) is 46.5 Å². The molecular weight excluding hydrogens is 212 g/mol. The summed E-state index contributed by atoms with van der Waals surface area (Å²) in [6.45, 7) is 10.2. The van der Waals surface area contributed by atoms with E-state index in [9.17, 15) is 4.79 Å². The zero-order valence-electron chi connectivity index (χ0n) is 11.3. The van der Waals surface area contributed by atoms with E-state index in [0.717, 1.165) is 12.8 Å². The summed E-state index contributed by atoms with van der Waals surface area (Å²) in [7, 11) is 0. The standard InChI is InChI=1S/C15H24O2/c1-5-6-10-15(16)17-12-11-14(4)9-7-8-13(2)3/h5,8,11H,1,6-7,9-10,12H2,2-4H3/b14-11+. The Morgan fingerprint density at radius 2 is 1.82 bits per heavy atom. The van der Waals surface area contributed by atoms with Crippen molar-refractivity contribution in [3.63, 3.8) is 0 Å². The Morgan fingerprint density at radius 3 is 2.41 bits per heavy atom. The maximum Gasteiger partial charge on any atom is 0.306 e. The number of allylic oxidation sites excluding steroid dienone is 4. The van der Waals surface area contributed by atoms with Crippen molar-refractivity contribution < 1.29 is 9.53 Å². The van der Waals surface area contributed by atoms with Crippen LogP contribution in [-0.2, 0) is 9.53 Å². The summed E-state index contributed by atoms with van der Waals surface area (Å²) < 4.78 is 5.06. The average molecular weight is 236 g/mol. The minimum atomic E-state index is -0.154. The van der Waals surface area contributed by atoms with E-state index in [4.69, 9.17) is 4.74 Å². The van der Waals surface area contributed by atoms with Crippen LogP contribution in [-0.4, -0.2) is 12.6 Å². The van der Waals surface area contributed by atoms with Gasteiger partial charge < -0.3 is 4.74 Å². The van der Waals surface area contributed by atoms with Gasteiger partial charge in [-0.25, -0.2) is 0 Å². The highest BCUT2D eigenvalue weighted by molar-refractivity contribution is 5.69. The number of rotatable bonds is 8. The molecule has 0 radical (unpaired) electrons. The molecule has 0 amide bonds. The quantitative estimate of drug-likeness (QED) is 0.466. The lowest BCUT2D eigenvalue weighted by Crippen LogP contribution is -2.03. The molecule has 0 spiro atoms. The van der Waals surface area contributed by atoms with Gasteiger partial charge in [-0.3, -0.25) is 4.79 Å². The van der Waals surface area contributed by atoms with Crippen LogP contribution in [0.1, 0.15) is 46.5 Å². The molecule has 17 heavy (non-hydrogen) atoms. The Balaban J connectivity index is 3.72. The fourth-order valence-corrected chi connectivity index (χ4v) is 1.26. The van der Waals surface area contributed by atoms with Crippen LogP contribution in [0, 0.1) is 0 Å². The predicted molar refractivity (Wildman–Crippen MR) is 72.8 cm³/mol. The number of hydrogen-bond donors (Lipinski definition) is 0. The van der Waals surface area contributed by atoms with Crippen molar-refractivity contribution >= 4 is 5.97 Å². The average Bonchev–Trinajstić information content (AvgIpc) is 2.25. The minimum Gasteiger partial charge on any atom is -0.461 e. The summed E-state index contributed by atoms with van der Waals surface area (Å²) in [6.07, 6.45) is 9.10. The van der Waals surface area contributed by atoms with Crippen molar-refractivity contribution in [3.05, 3.63) is 36.0 Å². The molecule has 2 nitrogen and oxygen atoms in total. The van der Waals surface area contributed by atoms with Gasteiger partial charge >= 0.3 is 5.97 Å². The van der Waals surface area contributed by atoms with Crippen LogP contribution >= 0.6 is 0 Å².